The fourth-order valence-electron chi connectivity index (χ4n) is 2.29. The van der Waals surface area contributed by atoms with Crippen LogP contribution in [0.3, 0.4) is 0 Å². The Hall–Kier alpha value is -1.15. The first kappa shape index (κ1) is 16.2. The monoisotopic (exact) mass is 313 g/mol. The van der Waals surface area contributed by atoms with Gasteiger partial charge in [0.1, 0.15) is 0 Å². The number of ether oxygens (including phenoxy) is 1. The van der Waals surface area contributed by atoms with Gasteiger partial charge in [-0.25, -0.2) is 4.68 Å². The van der Waals surface area contributed by atoms with Gasteiger partial charge in [-0.1, -0.05) is 11.8 Å². The van der Waals surface area contributed by atoms with Crippen LogP contribution in [0, 0.1) is 0 Å². The van der Waals surface area contributed by atoms with E-state index in [0.717, 1.165) is 0 Å². The summed E-state index contributed by atoms with van der Waals surface area (Å²) in [4.78, 5) is 14.2. The van der Waals surface area contributed by atoms with Gasteiger partial charge in [-0.15, -0.1) is 5.10 Å². The third kappa shape index (κ3) is 4.16. The molecular weight excluding hydrogens is 290 g/mol. The van der Waals surface area contributed by atoms with Gasteiger partial charge in [0.2, 0.25) is 11.1 Å². The van der Waals surface area contributed by atoms with Gasteiger partial charge in [-0.05, 0) is 45.0 Å². The van der Waals surface area contributed by atoms with Gasteiger partial charge in [0.15, 0.2) is 0 Å². The quantitative estimate of drug-likeness (QED) is 0.780. The number of carbonyl (C=O) groups excluding carboxylic acids is 1. The van der Waals surface area contributed by atoms with Gasteiger partial charge in [-0.2, -0.15) is 0 Å². The molecule has 21 heavy (non-hydrogen) atoms. The smallest absolute Gasteiger partial charge is 0.233 e. The molecule has 2 rings (SSSR count). The molecule has 1 aromatic heterocycles. The normalized spacial score (nSPS) is 23.4. The van der Waals surface area contributed by atoms with Crippen molar-refractivity contribution in [2.75, 3.05) is 18.8 Å². The van der Waals surface area contributed by atoms with Gasteiger partial charge in [-0.3, -0.25) is 4.79 Å². The van der Waals surface area contributed by atoms with Crippen molar-refractivity contribution < 1.29 is 9.53 Å². The Morgan fingerprint density at radius 1 is 1.33 bits per heavy atom. The number of aromatic nitrogens is 4. The van der Waals surface area contributed by atoms with Crippen LogP contribution < -0.4 is 0 Å². The lowest BCUT2D eigenvalue weighted by Gasteiger charge is -2.35. The molecular formula is C13H23N5O2S. The van der Waals surface area contributed by atoms with E-state index in [1.165, 1.54) is 11.8 Å². The first-order valence-electron chi connectivity index (χ1n) is 7.12. The van der Waals surface area contributed by atoms with Crippen LogP contribution in [-0.4, -0.2) is 62.1 Å². The van der Waals surface area contributed by atoms with Gasteiger partial charge in [0.25, 0.3) is 0 Å². The zero-order chi connectivity index (χ0) is 15.6. The number of morpholine rings is 1. The maximum atomic E-state index is 12.3. The van der Waals surface area contributed by atoms with Crippen LogP contribution in [0.15, 0.2) is 5.16 Å². The predicted molar refractivity (Wildman–Crippen MR) is 80.1 cm³/mol. The van der Waals surface area contributed by atoms with Gasteiger partial charge in [0.05, 0.1) is 23.5 Å². The molecule has 118 valence electrons. The minimum Gasteiger partial charge on any atom is -0.372 e. The molecule has 0 aromatic carbocycles. The fourth-order valence-corrected chi connectivity index (χ4v) is 3.25. The number of hydrogen-bond acceptors (Lipinski definition) is 6. The number of rotatable bonds is 3. The van der Waals surface area contributed by atoms with Crippen LogP contribution in [-0.2, 0) is 15.1 Å². The van der Waals surface area contributed by atoms with Crippen molar-refractivity contribution in [2.24, 2.45) is 0 Å². The molecule has 2 atom stereocenters. The number of thioether (sulfide) groups is 1. The molecule has 1 saturated heterocycles. The molecule has 0 unspecified atom stereocenters. The summed E-state index contributed by atoms with van der Waals surface area (Å²) in [5.74, 6) is 0.445. The van der Waals surface area contributed by atoms with E-state index in [1.54, 1.807) is 4.68 Å². The lowest BCUT2D eigenvalue weighted by Crippen LogP contribution is -2.48. The number of nitrogens with zero attached hydrogens (tertiary/aromatic N) is 5. The van der Waals surface area contributed by atoms with Crippen molar-refractivity contribution in [3.8, 4) is 0 Å². The largest absolute Gasteiger partial charge is 0.372 e. The zero-order valence-corrected chi connectivity index (χ0v) is 14.1. The van der Waals surface area contributed by atoms with Crippen molar-refractivity contribution in [1.82, 2.24) is 25.1 Å². The lowest BCUT2D eigenvalue weighted by molar-refractivity contribution is -0.140. The molecule has 1 aromatic rings. The van der Waals surface area contributed by atoms with Crippen molar-refractivity contribution in [2.45, 2.75) is 57.5 Å². The summed E-state index contributed by atoms with van der Waals surface area (Å²) in [5, 5.41) is 12.4. The summed E-state index contributed by atoms with van der Waals surface area (Å²) in [6.07, 6.45) is 0.171. The van der Waals surface area contributed by atoms with E-state index in [0.29, 0.717) is 24.0 Å². The summed E-state index contributed by atoms with van der Waals surface area (Å²) in [5.41, 5.74) is -0.198. The van der Waals surface area contributed by atoms with E-state index in [-0.39, 0.29) is 23.7 Å². The SMILES string of the molecule is C[C@H]1CN(C(=O)CSc2nnnn2C(C)(C)C)C[C@H](C)O1. The average molecular weight is 313 g/mol. The van der Waals surface area contributed by atoms with Gasteiger partial charge < -0.3 is 9.64 Å². The first-order valence-corrected chi connectivity index (χ1v) is 8.11. The van der Waals surface area contributed by atoms with E-state index in [9.17, 15) is 4.79 Å². The topological polar surface area (TPSA) is 73.1 Å². The summed E-state index contributed by atoms with van der Waals surface area (Å²) in [7, 11) is 0. The molecule has 8 heteroatoms. The second-order valence-electron chi connectivity index (χ2n) is 6.39. The molecule has 0 aliphatic carbocycles. The second-order valence-corrected chi connectivity index (χ2v) is 7.33. The molecule has 1 aliphatic heterocycles. The van der Waals surface area contributed by atoms with E-state index in [1.807, 2.05) is 39.5 Å². The van der Waals surface area contributed by atoms with Crippen molar-refractivity contribution in [3.63, 3.8) is 0 Å². The molecule has 1 aliphatic rings. The first-order chi connectivity index (χ1) is 9.77. The molecule has 2 heterocycles. The van der Waals surface area contributed by atoms with Crippen LogP contribution in [0.1, 0.15) is 34.6 Å². The summed E-state index contributed by atoms with van der Waals surface area (Å²) < 4.78 is 7.39. The van der Waals surface area contributed by atoms with Crippen molar-refractivity contribution >= 4 is 17.7 Å². The van der Waals surface area contributed by atoms with E-state index < -0.39 is 0 Å². The highest BCUT2D eigenvalue weighted by Crippen LogP contribution is 2.22. The van der Waals surface area contributed by atoms with Crippen LogP contribution in [0.2, 0.25) is 0 Å². The van der Waals surface area contributed by atoms with Gasteiger partial charge >= 0.3 is 0 Å². The number of carbonyl (C=O) groups is 1. The standard InChI is InChI=1S/C13H23N5O2S/c1-9-6-17(7-10(2)20-9)11(19)8-21-12-14-15-16-18(12)13(3,4)5/h9-10H,6-8H2,1-5H3/t9-,10-/m0/s1. The molecule has 1 amide bonds. The van der Waals surface area contributed by atoms with Gasteiger partial charge in [0, 0.05) is 13.1 Å². The van der Waals surface area contributed by atoms with E-state index >= 15 is 0 Å². The van der Waals surface area contributed by atoms with Crippen LogP contribution in [0.25, 0.3) is 0 Å². The molecule has 0 spiro atoms. The van der Waals surface area contributed by atoms with Crippen molar-refractivity contribution in [1.29, 1.82) is 0 Å². The number of amides is 1. The molecule has 0 N–H and O–H groups in total. The van der Waals surface area contributed by atoms with Crippen LogP contribution >= 0.6 is 11.8 Å². The average Bonchev–Trinajstić information content (AvgIpc) is 2.82. The highest BCUT2D eigenvalue weighted by Gasteiger charge is 2.27. The van der Waals surface area contributed by atoms with Crippen molar-refractivity contribution in [3.05, 3.63) is 0 Å². The summed E-state index contributed by atoms with van der Waals surface area (Å²) in [6.45, 7) is 11.4. The highest BCUT2D eigenvalue weighted by molar-refractivity contribution is 7.99. The minimum atomic E-state index is -0.198. The number of tetrazole rings is 1. The second kappa shape index (κ2) is 6.31. The van der Waals surface area contributed by atoms with E-state index in [2.05, 4.69) is 15.5 Å². The van der Waals surface area contributed by atoms with E-state index in [4.69, 9.17) is 4.74 Å². The Bertz CT molecular complexity index is 489. The maximum absolute atomic E-state index is 12.3. The Balaban J connectivity index is 1.94. The lowest BCUT2D eigenvalue weighted by atomic mass is 10.1. The Morgan fingerprint density at radius 3 is 2.52 bits per heavy atom. The van der Waals surface area contributed by atoms with Crippen LogP contribution in [0.4, 0.5) is 0 Å². The zero-order valence-electron chi connectivity index (χ0n) is 13.2. The Labute approximate surface area is 129 Å². The summed E-state index contributed by atoms with van der Waals surface area (Å²) in [6, 6.07) is 0. The highest BCUT2D eigenvalue weighted by atomic mass is 32.2. The fraction of sp³-hybridized carbons (Fsp3) is 0.846. The molecule has 1 fully saturated rings. The Morgan fingerprint density at radius 2 is 1.95 bits per heavy atom. The molecule has 0 radical (unpaired) electrons. The molecule has 0 bridgehead atoms. The number of hydrogen-bond donors (Lipinski definition) is 0. The molecule has 0 saturated carbocycles. The third-order valence-corrected chi connectivity index (χ3v) is 4.08. The molecule has 7 nitrogen and oxygen atoms in total. The van der Waals surface area contributed by atoms with Crippen LogP contribution in [0.5, 0.6) is 0 Å². The summed E-state index contributed by atoms with van der Waals surface area (Å²) >= 11 is 1.38. The Kier molecular flexibility index (Phi) is 4.88. The third-order valence-electron chi connectivity index (χ3n) is 3.17. The predicted octanol–water partition coefficient (Wildman–Crippen LogP) is 1.16. The minimum absolute atomic E-state index is 0.0857. The maximum Gasteiger partial charge on any atom is 0.233 e.